The molecule has 0 bridgehead atoms. The molecule has 134 valence electrons. The normalized spacial score (nSPS) is 16.8. The SMILES string of the molecule is Cc1ccc(C2CCCN2C(=O)Nc2cn(C)nc2-c2ccccc2)o1. The maximum absolute atomic E-state index is 12.9. The van der Waals surface area contributed by atoms with Gasteiger partial charge in [-0.15, -0.1) is 0 Å². The number of urea groups is 1. The molecule has 26 heavy (non-hydrogen) atoms. The fourth-order valence-corrected chi connectivity index (χ4v) is 3.51. The maximum Gasteiger partial charge on any atom is 0.322 e. The molecule has 3 aromatic rings. The number of aromatic nitrogens is 2. The van der Waals surface area contributed by atoms with Crippen molar-refractivity contribution in [2.45, 2.75) is 25.8 Å². The number of amides is 2. The number of rotatable bonds is 3. The number of nitrogens with one attached hydrogen (secondary N) is 1. The Kier molecular flexibility index (Phi) is 4.24. The average Bonchev–Trinajstić information content (AvgIpc) is 3.35. The van der Waals surface area contributed by atoms with Crippen molar-refractivity contribution in [3.8, 4) is 11.3 Å². The third-order valence-electron chi connectivity index (χ3n) is 4.72. The van der Waals surface area contributed by atoms with Crippen molar-refractivity contribution in [1.29, 1.82) is 0 Å². The summed E-state index contributed by atoms with van der Waals surface area (Å²) in [5, 5.41) is 7.55. The highest BCUT2D eigenvalue weighted by molar-refractivity contribution is 5.93. The number of likely N-dealkylation sites (tertiary alicyclic amines) is 1. The molecule has 6 nitrogen and oxygen atoms in total. The second-order valence-corrected chi connectivity index (χ2v) is 6.66. The van der Waals surface area contributed by atoms with E-state index in [1.807, 2.05) is 67.5 Å². The molecule has 2 aromatic heterocycles. The number of nitrogens with zero attached hydrogens (tertiary/aromatic N) is 3. The zero-order valence-electron chi connectivity index (χ0n) is 15.0. The van der Waals surface area contributed by atoms with Crippen LogP contribution in [0.2, 0.25) is 0 Å². The monoisotopic (exact) mass is 350 g/mol. The van der Waals surface area contributed by atoms with Crippen LogP contribution in [0.4, 0.5) is 10.5 Å². The molecule has 0 spiro atoms. The van der Waals surface area contributed by atoms with Crippen molar-refractivity contribution in [1.82, 2.24) is 14.7 Å². The van der Waals surface area contributed by atoms with Crippen LogP contribution in [-0.2, 0) is 7.05 Å². The molecule has 1 saturated heterocycles. The molecule has 0 aliphatic carbocycles. The number of hydrogen-bond donors (Lipinski definition) is 1. The molecule has 6 heteroatoms. The van der Waals surface area contributed by atoms with Crippen LogP contribution >= 0.6 is 0 Å². The summed E-state index contributed by atoms with van der Waals surface area (Å²) >= 11 is 0. The van der Waals surface area contributed by atoms with Crippen LogP contribution in [0.25, 0.3) is 11.3 Å². The van der Waals surface area contributed by atoms with Crippen molar-refractivity contribution < 1.29 is 9.21 Å². The third kappa shape index (κ3) is 3.10. The van der Waals surface area contributed by atoms with Gasteiger partial charge in [0.2, 0.25) is 0 Å². The van der Waals surface area contributed by atoms with Crippen LogP contribution in [0.1, 0.15) is 30.4 Å². The van der Waals surface area contributed by atoms with Crippen LogP contribution in [0.15, 0.2) is 53.1 Å². The molecule has 1 N–H and O–H groups in total. The van der Waals surface area contributed by atoms with Crippen molar-refractivity contribution in [3.63, 3.8) is 0 Å². The smallest absolute Gasteiger partial charge is 0.322 e. The van der Waals surface area contributed by atoms with Crippen LogP contribution in [-0.4, -0.2) is 27.3 Å². The number of furan rings is 1. The predicted octanol–water partition coefficient (Wildman–Crippen LogP) is 4.36. The lowest BCUT2D eigenvalue weighted by molar-refractivity contribution is 0.199. The van der Waals surface area contributed by atoms with E-state index in [2.05, 4.69) is 10.4 Å². The first-order valence-corrected chi connectivity index (χ1v) is 8.85. The number of aryl methyl sites for hydroxylation is 2. The van der Waals surface area contributed by atoms with Crippen molar-refractivity contribution >= 4 is 11.7 Å². The van der Waals surface area contributed by atoms with Crippen molar-refractivity contribution in [2.75, 3.05) is 11.9 Å². The summed E-state index contributed by atoms with van der Waals surface area (Å²) in [6.45, 7) is 2.64. The fourth-order valence-electron chi connectivity index (χ4n) is 3.51. The Balaban J connectivity index is 1.57. The highest BCUT2D eigenvalue weighted by atomic mass is 16.3. The molecule has 4 rings (SSSR count). The molecule has 1 atom stereocenters. The second-order valence-electron chi connectivity index (χ2n) is 6.66. The van der Waals surface area contributed by atoms with Gasteiger partial charge in [0, 0.05) is 25.4 Å². The molecular weight excluding hydrogens is 328 g/mol. The summed E-state index contributed by atoms with van der Waals surface area (Å²) in [6.07, 6.45) is 3.72. The van der Waals surface area contributed by atoms with E-state index >= 15 is 0 Å². The Hall–Kier alpha value is -3.02. The summed E-state index contributed by atoms with van der Waals surface area (Å²) in [4.78, 5) is 14.8. The lowest BCUT2D eigenvalue weighted by Crippen LogP contribution is -2.34. The zero-order chi connectivity index (χ0) is 18.1. The Morgan fingerprint density at radius 3 is 2.77 bits per heavy atom. The molecule has 0 saturated carbocycles. The highest BCUT2D eigenvalue weighted by Gasteiger charge is 2.32. The van der Waals surface area contributed by atoms with Gasteiger partial charge in [-0.2, -0.15) is 5.10 Å². The van der Waals surface area contributed by atoms with E-state index in [9.17, 15) is 4.79 Å². The quantitative estimate of drug-likeness (QED) is 0.763. The molecule has 1 unspecified atom stereocenters. The minimum atomic E-state index is -0.119. The largest absolute Gasteiger partial charge is 0.464 e. The summed E-state index contributed by atoms with van der Waals surface area (Å²) in [6, 6.07) is 13.6. The third-order valence-corrected chi connectivity index (χ3v) is 4.72. The molecule has 1 aromatic carbocycles. The van der Waals surface area contributed by atoms with E-state index in [0.717, 1.165) is 42.2 Å². The topological polar surface area (TPSA) is 63.3 Å². The lowest BCUT2D eigenvalue weighted by Gasteiger charge is -2.23. The molecule has 2 amide bonds. The first kappa shape index (κ1) is 16.4. The zero-order valence-corrected chi connectivity index (χ0v) is 15.0. The number of hydrogen-bond acceptors (Lipinski definition) is 3. The number of carbonyl (C=O) groups is 1. The summed E-state index contributed by atoms with van der Waals surface area (Å²) in [7, 11) is 1.85. The second kappa shape index (κ2) is 6.71. The van der Waals surface area contributed by atoms with E-state index in [1.165, 1.54) is 0 Å². The van der Waals surface area contributed by atoms with E-state index in [1.54, 1.807) is 4.68 Å². The average molecular weight is 350 g/mol. The molecule has 1 aliphatic heterocycles. The highest BCUT2D eigenvalue weighted by Crippen LogP contribution is 2.34. The number of carbonyl (C=O) groups excluding carboxylic acids is 1. The number of anilines is 1. The van der Waals surface area contributed by atoms with Crippen LogP contribution < -0.4 is 5.32 Å². The van der Waals surface area contributed by atoms with Gasteiger partial charge in [0.05, 0.1) is 11.7 Å². The molecule has 1 fully saturated rings. The first-order valence-electron chi connectivity index (χ1n) is 8.85. The maximum atomic E-state index is 12.9. The van der Waals surface area contributed by atoms with Gasteiger partial charge in [0.1, 0.15) is 17.2 Å². The minimum Gasteiger partial charge on any atom is -0.464 e. The minimum absolute atomic E-state index is 0.0134. The van der Waals surface area contributed by atoms with Gasteiger partial charge in [-0.05, 0) is 31.9 Å². The first-order chi connectivity index (χ1) is 12.6. The van der Waals surface area contributed by atoms with Gasteiger partial charge in [-0.1, -0.05) is 30.3 Å². The Bertz CT molecular complexity index is 913. The standard InChI is InChI=1S/C20H22N4O2/c1-14-10-11-18(26-14)17-9-6-12-24(17)20(25)21-16-13-23(2)22-19(16)15-7-4-3-5-8-15/h3-5,7-8,10-11,13,17H,6,9,12H2,1-2H3,(H,21,25). The molecule has 3 heterocycles. The van der Waals surface area contributed by atoms with E-state index < -0.39 is 0 Å². The molecular formula is C20H22N4O2. The van der Waals surface area contributed by atoms with Crippen LogP contribution in [0, 0.1) is 6.92 Å². The van der Waals surface area contributed by atoms with Gasteiger partial charge < -0.3 is 14.6 Å². The lowest BCUT2D eigenvalue weighted by atomic mass is 10.1. The van der Waals surface area contributed by atoms with Gasteiger partial charge in [0.15, 0.2) is 0 Å². The van der Waals surface area contributed by atoms with E-state index in [0.29, 0.717) is 5.69 Å². The fraction of sp³-hybridized carbons (Fsp3) is 0.300. The van der Waals surface area contributed by atoms with Gasteiger partial charge in [-0.3, -0.25) is 4.68 Å². The summed E-state index contributed by atoms with van der Waals surface area (Å²) in [5.74, 6) is 1.72. The Labute approximate surface area is 152 Å². The Morgan fingerprint density at radius 1 is 1.23 bits per heavy atom. The van der Waals surface area contributed by atoms with Crippen LogP contribution in [0.3, 0.4) is 0 Å². The Morgan fingerprint density at radius 2 is 2.04 bits per heavy atom. The van der Waals surface area contributed by atoms with Gasteiger partial charge in [-0.25, -0.2) is 4.79 Å². The van der Waals surface area contributed by atoms with E-state index in [-0.39, 0.29) is 12.1 Å². The summed E-state index contributed by atoms with van der Waals surface area (Å²) < 4.78 is 7.47. The molecule has 1 aliphatic rings. The number of benzene rings is 1. The van der Waals surface area contributed by atoms with Crippen molar-refractivity contribution in [2.24, 2.45) is 7.05 Å². The molecule has 0 radical (unpaired) electrons. The van der Waals surface area contributed by atoms with E-state index in [4.69, 9.17) is 4.42 Å². The van der Waals surface area contributed by atoms with Gasteiger partial charge in [0.25, 0.3) is 0 Å². The van der Waals surface area contributed by atoms with Crippen LogP contribution in [0.5, 0.6) is 0 Å². The van der Waals surface area contributed by atoms with Gasteiger partial charge >= 0.3 is 6.03 Å². The summed E-state index contributed by atoms with van der Waals surface area (Å²) in [5.41, 5.74) is 2.46. The predicted molar refractivity (Wildman–Crippen MR) is 99.8 cm³/mol. The van der Waals surface area contributed by atoms with Crippen molar-refractivity contribution in [3.05, 3.63) is 60.2 Å².